The lowest BCUT2D eigenvalue weighted by Crippen LogP contribution is -2.35. The van der Waals surface area contributed by atoms with Gasteiger partial charge in [0.2, 0.25) is 0 Å². The van der Waals surface area contributed by atoms with Crippen molar-refractivity contribution in [1.82, 2.24) is 0 Å². The molecule has 3 aromatic rings. The van der Waals surface area contributed by atoms with Crippen LogP contribution in [0.4, 0.5) is 11.4 Å². The van der Waals surface area contributed by atoms with Crippen molar-refractivity contribution in [2.24, 2.45) is 0 Å². The molecule has 0 saturated heterocycles. The highest BCUT2D eigenvalue weighted by atomic mass is 16.3. The minimum absolute atomic E-state index is 0.0358. The third kappa shape index (κ3) is 2.88. The van der Waals surface area contributed by atoms with E-state index >= 15 is 0 Å². The highest BCUT2D eigenvalue weighted by Crippen LogP contribution is 2.33. The van der Waals surface area contributed by atoms with Crippen molar-refractivity contribution in [1.29, 1.82) is 0 Å². The van der Waals surface area contributed by atoms with Gasteiger partial charge in [0, 0.05) is 23.0 Å². The fraction of sp³-hybridized carbons (Fsp3) is 0.143. The molecule has 130 valence electrons. The summed E-state index contributed by atoms with van der Waals surface area (Å²) >= 11 is 0. The molecule has 2 aromatic carbocycles. The maximum atomic E-state index is 13.0. The summed E-state index contributed by atoms with van der Waals surface area (Å²) in [6, 6.07) is 18.3. The summed E-state index contributed by atoms with van der Waals surface area (Å²) in [5, 5.41) is 2.75. The molecule has 0 saturated carbocycles. The summed E-state index contributed by atoms with van der Waals surface area (Å²) in [5.41, 5.74) is 3.36. The number of para-hydroxylation sites is 1. The van der Waals surface area contributed by atoms with Gasteiger partial charge in [-0.1, -0.05) is 18.2 Å². The average molecular weight is 346 g/mol. The molecule has 1 aliphatic rings. The van der Waals surface area contributed by atoms with Crippen LogP contribution < -0.4 is 10.2 Å². The summed E-state index contributed by atoms with van der Waals surface area (Å²) in [4.78, 5) is 26.8. The van der Waals surface area contributed by atoms with Gasteiger partial charge in [0.1, 0.15) is 0 Å². The monoisotopic (exact) mass is 346 g/mol. The van der Waals surface area contributed by atoms with E-state index < -0.39 is 0 Å². The number of nitrogens with one attached hydrogen (secondary N) is 1. The number of hydrogen-bond acceptors (Lipinski definition) is 3. The number of carbonyl (C=O) groups is 2. The summed E-state index contributed by atoms with van der Waals surface area (Å²) in [6.45, 7) is 2.05. The zero-order valence-electron chi connectivity index (χ0n) is 14.3. The van der Waals surface area contributed by atoms with E-state index in [1.807, 2.05) is 23.1 Å². The van der Waals surface area contributed by atoms with E-state index in [2.05, 4.69) is 18.3 Å². The van der Waals surface area contributed by atoms with Crippen LogP contribution in [-0.4, -0.2) is 17.9 Å². The van der Waals surface area contributed by atoms with Crippen molar-refractivity contribution in [2.75, 3.05) is 10.2 Å². The summed E-state index contributed by atoms with van der Waals surface area (Å²) in [6.07, 6.45) is 2.31. The maximum Gasteiger partial charge on any atom is 0.291 e. The van der Waals surface area contributed by atoms with Gasteiger partial charge in [-0.3, -0.25) is 9.59 Å². The van der Waals surface area contributed by atoms with E-state index in [4.69, 9.17) is 4.42 Å². The van der Waals surface area contributed by atoms with Gasteiger partial charge >= 0.3 is 0 Å². The standard InChI is InChI=1S/C21H18N2O3/c1-14-13-16-5-2-3-6-18(16)23(14)21(25)15-8-10-17(11-9-15)22-20(24)19-7-4-12-26-19/h2-12,14H,13H2,1H3,(H,22,24). The van der Waals surface area contributed by atoms with Crippen LogP contribution >= 0.6 is 0 Å². The van der Waals surface area contributed by atoms with Crippen LogP contribution in [0.1, 0.15) is 33.4 Å². The molecule has 1 aliphatic heterocycles. The van der Waals surface area contributed by atoms with Crippen LogP contribution in [0.15, 0.2) is 71.3 Å². The first-order valence-corrected chi connectivity index (χ1v) is 8.50. The highest BCUT2D eigenvalue weighted by Gasteiger charge is 2.31. The Labute approximate surface area is 151 Å². The van der Waals surface area contributed by atoms with Gasteiger partial charge in [0.15, 0.2) is 5.76 Å². The molecule has 5 heteroatoms. The van der Waals surface area contributed by atoms with Crippen LogP contribution in [0, 0.1) is 0 Å². The van der Waals surface area contributed by atoms with Crippen molar-refractivity contribution < 1.29 is 14.0 Å². The number of amides is 2. The number of nitrogens with zero attached hydrogens (tertiary/aromatic N) is 1. The summed E-state index contributed by atoms with van der Waals surface area (Å²) in [5.74, 6) is -0.116. The number of fused-ring (bicyclic) bond motifs is 1. The Kier molecular flexibility index (Phi) is 4.05. The topological polar surface area (TPSA) is 62.6 Å². The second-order valence-electron chi connectivity index (χ2n) is 6.37. The number of furan rings is 1. The zero-order chi connectivity index (χ0) is 18.1. The molecule has 1 aromatic heterocycles. The SMILES string of the molecule is CC1Cc2ccccc2N1C(=O)c1ccc(NC(=O)c2ccco2)cc1. The van der Waals surface area contributed by atoms with Gasteiger partial charge in [0.25, 0.3) is 11.8 Å². The Balaban J connectivity index is 1.52. The maximum absolute atomic E-state index is 13.0. The Morgan fingerprint density at radius 2 is 1.81 bits per heavy atom. The zero-order valence-corrected chi connectivity index (χ0v) is 14.3. The lowest BCUT2D eigenvalue weighted by Gasteiger charge is -2.23. The molecule has 0 aliphatic carbocycles. The van der Waals surface area contributed by atoms with E-state index in [-0.39, 0.29) is 23.6 Å². The number of carbonyl (C=O) groups excluding carboxylic acids is 2. The molecule has 1 atom stereocenters. The quantitative estimate of drug-likeness (QED) is 0.776. The molecular weight excluding hydrogens is 328 g/mol. The molecule has 0 bridgehead atoms. The van der Waals surface area contributed by atoms with Gasteiger partial charge in [-0.25, -0.2) is 0 Å². The Morgan fingerprint density at radius 3 is 2.54 bits per heavy atom. The summed E-state index contributed by atoms with van der Waals surface area (Å²) in [7, 11) is 0. The molecule has 1 N–H and O–H groups in total. The minimum Gasteiger partial charge on any atom is -0.459 e. The molecular formula is C21H18N2O3. The molecule has 2 heterocycles. The van der Waals surface area contributed by atoms with E-state index in [1.54, 1.807) is 36.4 Å². The Bertz CT molecular complexity index is 946. The van der Waals surface area contributed by atoms with Crippen LogP contribution in [0.25, 0.3) is 0 Å². The van der Waals surface area contributed by atoms with Crippen LogP contribution in [-0.2, 0) is 6.42 Å². The third-order valence-corrected chi connectivity index (χ3v) is 4.56. The Morgan fingerprint density at radius 1 is 1.04 bits per heavy atom. The van der Waals surface area contributed by atoms with Crippen LogP contribution in [0.2, 0.25) is 0 Å². The van der Waals surface area contributed by atoms with Gasteiger partial charge < -0.3 is 14.6 Å². The minimum atomic E-state index is -0.323. The first kappa shape index (κ1) is 16.1. The van der Waals surface area contributed by atoms with E-state index in [1.165, 1.54) is 11.8 Å². The van der Waals surface area contributed by atoms with E-state index in [9.17, 15) is 9.59 Å². The van der Waals surface area contributed by atoms with Gasteiger partial charge in [-0.05, 0) is 61.4 Å². The second-order valence-corrected chi connectivity index (χ2v) is 6.37. The molecule has 0 radical (unpaired) electrons. The first-order valence-electron chi connectivity index (χ1n) is 8.50. The van der Waals surface area contributed by atoms with Crippen molar-refractivity contribution in [2.45, 2.75) is 19.4 Å². The summed E-state index contributed by atoms with van der Waals surface area (Å²) < 4.78 is 5.07. The number of benzene rings is 2. The third-order valence-electron chi connectivity index (χ3n) is 4.56. The van der Waals surface area contributed by atoms with Crippen LogP contribution in [0.5, 0.6) is 0 Å². The largest absolute Gasteiger partial charge is 0.459 e. The van der Waals surface area contributed by atoms with E-state index in [0.717, 1.165) is 12.1 Å². The highest BCUT2D eigenvalue weighted by molar-refractivity contribution is 6.08. The van der Waals surface area contributed by atoms with Crippen molar-refractivity contribution in [3.05, 3.63) is 83.8 Å². The number of hydrogen-bond donors (Lipinski definition) is 1. The number of rotatable bonds is 3. The predicted molar refractivity (Wildman–Crippen MR) is 99.5 cm³/mol. The van der Waals surface area contributed by atoms with Crippen LogP contribution in [0.3, 0.4) is 0 Å². The van der Waals surface area contributed by atoms with Crippen molar-refractivity contribution >= 4 is 23.2 Å². The van der Waals surface area contributed by atoms with Gasteiger partial charge in [-0.2, -0.15) is 0 Å². The lowest BCUT2D eigenvalue weighted by atomic mass is 10.1. The molecule has 1 unspecified atom stereocenters. The molecule has 4 rings (SSSR count). The van der Waals surface area contributed by atoms with E-state index in [0.29, 0.717) is 11.3 Å². The van der Waals surface area contributed by atoms with Crippen molar-refractivity contribution in [3.8, 4) is 0 Å². The molecule has 0 spiro atoms. The predicted octanol–water partition coefficient (Wildman–Crippen LogP) is 4.12. The second kappa shape index (κ2) is 6.52. The van der Waals surface area contributed by atoms with Gasteiger partial charge in [-0.15, -0.1) is 0 Å². The first-order chi connectivity index (χ1) is 12.6. The average Bonchev–Trinajstić information content (AvgIpc) is 3.29. The smallest absolute Gasteiger partial charge is 0.291 e. The molecule has 26 heavy (non-hydrogen) atoms. The molecule has 0 fully saturated rings. The normalized spacial score (nSPS) is 15.6. The fourth-order valence-electron chi connectivity index (χ4n) is 3.31. The lowest BCUT2D eigenvalue weighted by molar-refractivity contribution is 0.0979. The number of anilines is 2. The Hall–Kier alpha value is -3.34. The van der Waals surface area contributed by atoms with Crippen molar-refractivity contribution in [3.63, 3.8) is 0 Å². The molecule has 5 nitrogen and oxygen atoms in total. The van der Waals surface area contributed by atoms with Gasteiger partial charge in [0.05, 0.1) is 6.26 Å². The molecule has 2 amide bonds. The fourth-order valence-corrected chi connectivity index (χ4v) is 3.31.